The van der Waals surface area contributed by atoms with Crippen molar-refractivity contribution in [2.24, 2.45) is 0 Å². The van der Waals surface area contributed by atoms with Crippen molar-refractivity contribution >= 4 is 74.2 Å². The van der Waals surface area contributed by atoms with Gasteiger partial charge in [-0.15, -0.1) is 0 Å². The zero-order valence-corrected chi connectivity index (χ0v) is 24.7. The zero-order chi connectivity index (χ0) is 29.9. The SMILES string of the molecule is O=c1c2ccccc2oc2ccc(I(OS(=O)(=O)c3ccc(F)cc3F)c3ccc4oc5ccccc5c(=O)c4c3)cc12. The van der Waals surface area contributed by atoms with E-state index in [1.54, 1.807) is 72.8 Å². The zero-order valence-electron chi connectivity index (χ0n) is 21.7. The Bertz CT molecular complexity index is 2360. The summed E-state index contributed by atoms with van der Waals surface area (Å²) in [5.41, 5.74) is 0.687. The Morgan fingerprint density at radius 2 is 1.07 bits per heavy atom. The predicted octanol–water partition coefficient (Wildman–Crippen LogP) is 7.35. The fourth-order valence-corrected chi connectivity index (χ4v) is 11.8. The third kappa shape index (κ3) is 4.79. The number of halogens is 3. The van der Waals surface area contributed by atoms with E-state index in [1.165, 1.54) is 12.1 Å². The second-order valence-corrected chi connectivity index (χ2v) is 15.9. The molecule has 0 atom stereocenters. The Morgan fingerprint density at radius 3 is 1.58 bits per heavy atom. The van der Waals surface area contributed by atoms with Crippen LogP contribution in [0.2, 0.25) is 0 Å². The van der Waals surface area contributed by atoms with Crippen molar-refractivity contribution in [1.29, 1.82) is 0 Å². The first-order chi connectivity index (χ1) is 20.7. The van der Waals surface area contributed by atoms with Crippen molar-refractivity contribution in [3.05, 3.63) is 142 Å². The van der Waals surface area contributed by atoms with Crippen LogP contribution in [-0.4, -0.2) is 8.42 Å². The van der Waals surface area contributed by atoms with E-state index >= 15 is 0 Å². The summed E-state index contributed by atoms with van der Waals surface area (Å²) < 4.78 is 73.3. The summed E-state index contributed by atoms with van der Waals surface area (Å²) in [6, 6.07) is 24.7. The van der Waals surface area contributed by atoms with Gasteiger partial charge in [0.2, 0.25) is 0 Å². The molecule has 7 nitrogen and oxygen atoms in total. The molecule has 0 aliphatic carbocycles. The Labute approximate surface area is 249 Å². The molecule has 7 rings (SSSR count). The van der Waals surface area contributed by atoms with E-state index < -0.39 is 46.9 Å². The van der Waals surface area contributed by atoms with Gasteiger partial charge in [0.05, 0.1) is 0 Å². The van der Waals surface area contributed by atoms with Gasteiger partial charge in [0.25, 0.3) is 0 Å². The van der Waals surface area contributed by atoms with Crippen molar-refractivity contribution < 1.29 is 28.5 Å². The molecule has 0 saturated heterocycles. The summed E-state index contributed by atoms with van der Waals surface area (Å²) in [6.07, 6.45) is 0. The molecule has 0 unspecified atom stereocenters. The number of para-hydroxylation sites is 2. The molecule has 5 aromatic carbocycles. The van der Waals surface area contributed by atoms with Crippen LogP contribution in [0.3, 0.4) is 0 Å². The normalized spacial score (nSPS) is 12.4. The van der Waals surface area contributed by atoms with Crippen LogP contribution in [0.4, 0.5) is 8.78 Å². The average molecular weight is 710 g/mol. The third-order valence-electron chi connectivity index (χ3n) is 6.78. The average Bonchev–Trinajstić information content (AvgIpc) is 3.00. The standard InChI is InChI=1S/C32H17F2IO7S/c33-18-9-14-30(25(34)15-18)43(38,39)42-35(19-10-12-28-23(16-19)31(36)21-5-1-3-7-26(21)40-28)20-11-13-29-24(17-20)32(37)22-6-2-4-8-27(22)41-29/h1-17H. The van der Waals surface area contributed by atoms with Crippen LogP contribution in [0.5, 0.6) is 0 Å². The summed E-state index contributed by atoms with van der Waals surface area (Å²) in [5, 5.41) is 1.06. The van der Waals surface area contributed by atoms with Crippen LogP contribution < -0.4 is 10.9 Å². The molecule has 11 heteroatoms. The molecule has 0 N–H and O–H groups in total. The van der Waals surface area contributed by atoms with E-state index in [9.17, 15) is 26.8 Å². The molecule has 0 aliphatic heterocycles. The quantitative estimate of drug-likeness (QED) is 0.136. The van der Waals surface area contributed by atoms with E-state index in [-0.39, 0.29) is 32.8 Å². The molecule has 0 radical (unpaired) electrons. The third-order valence-corrected chi connectivity index (χ3v) is 14.0. The van der Waals surface area contributed by atoms with E-state index in [1.807, 2.05) is 0 Å². The number of hydrogen-bond donors (Lipinski definition) is 0. The summed E-state index contributed by atoms with van der Waals surface area (Å²) in [5.74, 6) is -2.26. The molecule has 2 heterocycles. The predicted molar refractivity (Wildman–Crippen MR) is 166 cm³/mol. The van der Waals surface area contributed by atoms with Crippen LogP contribution in [0.25, 0.3) is 43.9 Å². The van der Waals surface area contributed by atoms with Crippen molar-refractivity contribution in [2.75, 3.05) is 0 Å². The van der Waals surface area contributed by atoms with Gasteiger partial charge in [-0.2, -0.15) is 0 Å². The fourth-order valence-electron chi connectivity index (χ4n) is 4.76. The fraction of sp³-hybridized carbons (Fsp3) is 0. The van der Waals surface area contributed by atoms with Gasteiger partial charge in [0.15, 0.2) is 0 Å². The van der Waals surface area contributed by atoms with Crippen LogP contribution >= 0.6 is 20.2 Å². The second-order valence-electron chi connectivity index (χ2n) is 9.48. The molecule has 0 spiro atoms. The van der Waals surface area contributed by atoms with Crippen molar-refractivity contribution in [3.63, 3.8) is 0 Å². The maximum absolute atomic E-state index is 14.6. The van der Waals surface area contributed by atoms with Gasteiger partial charge in [-0.3, -0.25) is 0 Å². The van der Waals surface area contributed by atoms with Crippen molar-refractivity contribution in [1.82, 2.24) is 0 Å². The Morgan fingerprint density at radius 1 is 0.581 bits per heavy atom. The Balaban J connectivity index is 1.45. The molecular weight excluding hydrogens is 693 g/mol. The molecule has 43 heavy (non-hydrogen) atoms. The number of rotatable bonds is 5. The molecule has 0 aliphatic rings. The minimum atomic E-state index is -4.77. The van der Waals surface area contributed by atoms with Gasteiger partial charge >= 0.3 is 250 Å². The number of benzene rings is 5. The van der Waals surface area contributed by atoms with Crippen LogP contribution in [-0.2, 0) is 12.6 Å². The molecular formula is C32H17F2IO7S. The van der Waals surface area contributed by atoms with Gasteiger partial charge in [0, 0.05) is 0 Å². The summed E-state index contributed by atoms with van der Waals surface area (Å²) in [6.45, 7) is 0. The van der Waals surface area contributed by atoms with Crippen LogP contribution in [0.1, 0.15) is 0 Å². The first-order valence-electron chi connectivity index (χ1n) is 12.7. The maximum atomic E-state index is 14.6. The summed E-state index contributed by atoms with van der Waals surface area (Å²) in [4.78, 5) is 25.9. The van der Waals surface area contributed by atoms with E-state index in [0.29, 0.717) is 35.1 Å². The summed E-state index contributed by atoms with van der Waals surface area (Å²) >= 11 is -3.61. The summed E-state index contributed by atoms with van der Waals surface area (Å²) in [7, 11) is -4.77. The first-order valence-corrected chi connectivity index (χ1v) is 17.2. The molecule has 0 bridgehead atoms. The van der Waals surface area contributed by atoms with E-state index in [2.05, 4.69) is 0 Å². The van der Waals surface area contributed by atoms with E-state index in [4.69, 9.17) is 11.3 Å². The first kappa shape index (κ1) is 27.4. The Hall–Kier alpha value is -4.46. The molecule has 214 valence electrons. The Kier molecular flexibility index (Phi) is 6.60. The molecule has 2 aromatic heterocycles. The molecule has 0 amide bonds. The van der Waals surface area contributed by atoms with Gasteiger partial charge in [-0.1, -0.05) is 0 Å². The molecule has 7 aromatic rings. The second kappa shape index (κ2) is 10.4. The number of hydrogen-bond acceptors (Lipinski definition) is 7. The van der Waals surface area contributed by atoms with Gasteiger partial charge in [-0.05, 0) is 0 Å². The monoisotopic (exact) mass is 710 g/mol. The van der Waals surface area contributed by atoms with Crippen LogP contribution in [0, 0.1) is 18.8 Å². The molecule has 0 saturated carbocycles. The van der Waals surface area contributed by atoms with Gasteiger partial charge in [0.1, 0.15) is 0 Å². The number of fused-ring (bicyclic) bond motifs is 4. The van der Waals surface area contributed by atoms with Gasteiger partial charge in [-0.25, -0.2) is 0 Å². The van der Waals surface area contributed by atoms with E-state index in [0.717, 1.165) is 12.1 Å². The minimum absolute atomic E-state index is 0.193. The van der Waals surface area contributed by atoms with Crippen molar-refractivity contribution in [2.45, 2.75) is 4.90 Å². The van der Waals surface area contributed by atoms with Gasteiger partial charge < -0.3 is 0 Å². The topological polar surface area (TPSA) is 104 Å². The van der Waals surface area contributed by atoms with Crippen LogP contribution in [0.15, 0.2) is 126 Å². The van der Waals surface area contributed by atoms with Crippen molar-refractivity contribution in [3.8, 4) is 0 Å². The molecule has 0 fully saturated rings.